The molecule has 1 aliphatic carbocycles. The maximum absolute atomic E-state index is 13.0. The first kappa shape index (κ1) is 17.0. The summed E-state index contributed by atoms with van der Waals surface area (Å²) in [6.45, 7) is 0.208. The molecule has 3 aromatic rings. The fourth-order valence-electron chi connectivity index (χ4n) is 3.70. The lowest BCUT2D eigenvalue weighted by atomic mass is 9.96. The summed E-state index contributed by atoms with van der Waals surface area (Å²) in [5, 5.41) is 4.17. The first-order valence-corrected chi connectivity index (χ1v) is 9.62. The summed E-state index contributed by atoms with van der Waals surface area (Å²) in [7, 11) is 0. The summed E-state index contributed by atoms with van der Waals surface area (Å²) in [5.41, 5.74) is 7.67. The Morgan fingerprint density at radius 3 is 2.29 bits per heavy atom. The Morgan fingerprint density at radius 1 is 1.00 bits per heavy atom. The Labute approximate surface area is 170 Å². The maximum Gasteiger partial charge on any atom is 0.252 e. The van der Waals surface area contributed by atoms with Crippen LogP contribution in [0.3, 0.4) is 0 Å². The highest BCUT2D eigenvalue weighted by molar-refractivity contribution is 9.10. The number of carbonyl (C=O) groups excluding carboxylic acids is 1. The summed E-state index contributed by atoms with van der Waals surface area (Å²) in [4.78, 5) is 13.0. The molecule has 1 amide bonds. The third-order valence-corrected chi connectivity index (χ3v) is 5.65. The Morgan fingerprint density at radius 2 is 1.61 bits per heavy atom. The van der Waals surface area contributed by atoms with Gasteiger partial charge in [0, 0.05) is 10.0 Å². The van der Waals surface area contributed by atoms with Gasteiger partial charge in [0.05, 0.1) is 12.1 Å². The Kier molecular flexibility index (Phi) is 4.13. The van der Waals surface area contributed by atoms with Crippen LogP contribution in [0.2, 0.25) is 0 Å². The van der Waals surface area contributed by atoms with Gasteiger partial charge in [-0.2, -0.15) is 5.10 Å². The number of nitrogens with one attached hydrogen (secondary N) is 1. The van der Waals surface area contributed by atoms with E-state index in [2.05, 4.69) is 38.6 Å². The van der Waals surface area contributed by atoms with Gasteiger partial charge in [0.2, 0.25) is 6.79 Å². The third-order valence-electron chi connectivity index (χ3n) is 4.97. The number of rotatable bonds is 3. The van der Waals surface area contributed by atoms with Crippen molar-refractivity contribution in [2.75, 3.05) is 6.79 Å². The van der Waals surface area contributed by atoms with Gasteiger partial charge in [0.1, 0.15) is 0 Å². The summed E-state index contributed by atoms with van der Waals surface area (Å²) in [5.74, 6) is 0.817. The zero-order valence-corrected chi connectivity index (χ0v) is 16.3. The molecule has 5 rings (SSSR count). The van der Waals surface area contributed by atoms with Crippen LogP contribution >= 0.6 is 15.9 Å². The van der Waals surface area contributed by atoms with Gasteiger partial charge in [-0.3, -0.25) is 4.79 Å². The van der Waals surface area contributed by atoms with Crippen LogP contribution in [0.15, 0.2) is 70.2 Å². The lowest BCUT2D eigenvalue weighted by Crippen LogP contribution is -2.25. The monoisotopic (exact) mass is 434 g/mol. The molecular weight excluding hydrogens is 420 g/mol. The van der Waals surface area contributed by atoms with E-state index in [4.69, 9.17) is 9.47 Å². The van der Waals surface area contributed by atoms with Crippen molar-refractivity contribution in [1.29, 1.82) is 0 Å². The van der Waals surface area contributed by atoms with Crippen molar-refractivity contribution in [1.82, 2.24) is 5.43 Å². The standard InChI is InChI=1S/C22H15BrN2O3/c23-18-10-20-19(27-12-28-20)9-13(18)11-24-25-22(26)21-16-7-3-1-5-14(16)15-6-2-4-8-17(15)21/h1-11,21H,12H2,(H,25,26). The van der Waals surface area contributed by atoms with Gasteiger partial charge in [-0.25, -0.2) is 5.43 Å². The van der Waals surface area contributed by atoms with Crippen molar-refractivity contribution in [3.8, 4) is 22.6 Å². The highest BCUT2D eigenvalue weighted by Gasteiger charge is 2.33. The molecule has 0 saturated carbocycles. The average Bonchev–Trinajstić information content (AvgIpc) is 3.29. The third kappa shape index (κ3) is 2.77. The number of ether oxygens (including phenoxy) is 2. The molecule has 2 aliphatic rings. The van der Waals surface area contributed by atoms with Gasteiger partial charge in [0.25, 0.3) is 5.91 Å². The summed E-state index contributed by atoms with van der Waals surface area (Å²) in [6, 6.07) is 19.6. The number of hydrazone groups is 1. The zero-order chi connectivity index (χ0) is 19.1. The van der Waals surface area contributed by atoms with Crippen LogP contribution < -0.4 is 14.9 Å². The molecular formula is C22H15BrN2O3. The largest absolute Gasteiger partial charge is 0.454 e. The first-order valence-electron chi connectivity index (χ1n) is 8.82. The molecule has 0 saturated heterocycles. The van der Waals surface area contributed by atoms with Gasteiger partial charge in [-0.15, -0.1) is 0 Å². The molecule has 1 aliphatic heterocycles. The summed E-state index contributed by atoms with van der Waals surface area (Å²) < 4.78 is 11.5. The molecule has 0 atom stereocenters. The van der Waals surface area contributed by atoms with Crippen LogP contribution in [-0.4, -0.2) is 18.9 Å². The second kappa shape index (κ2) is 6.80. The van der Waals surface area contributed by atoms with E-state index in [1.165, 1.54) is 0 Å². The molecule has 0 aromatic heterocycles. The number of amides is 1. The first-order chi connectivity index (χ1) is 13.7. The Hall–Kier alpha value is -3.12. The van der Waals surface area contributed by atoms with E-state index in [9.17, 15) is 4.79 Å². The number of nitrogens with zero attached hydrogens (tertiary/aromatic N) is 1. The number of hydrogen-bond acceptors (Lipinski definition) is 4. The van der Waals surface area contributed by atoms with Crippen LogP contribution in [-0.2, 0) is 4.79 Å². The molecule has 0 bridgehead atoms. The van der Waals surface area contributed by atoms with E-state index in [0.29, 0.717) is 11.5 Å². The number of carbonyl (C=O) groups is 1. The molecule has 1 N–H and O–H groups in total. The van der Waals surface area contributed by atoms with E-state index >= 15 is 0 Å². The van der Waals surface area contributed by atoms with Gasteiger partial charge in [-0.05, 0) is 50.3 Å². The fourth-order valence-corrected chi connectivity index (χ4v) is 4.12. The second-order valence-corrected chi connectivity index (χ2v) is 7.42. The van der Waals surface area contributed by atoms with Crippen LogP contribution in [0.5, 0.6) is 11.5 Å². The van der Waals surface area contributed by atoms with Crippen molar-refractivity contribution in [3.05, 3.63) is 81.8 Å². The molecule has 3 aromatic carbocycles. The summed E-state index contributed by atoms with van der Waals surface area (Å²) >= 11 is 3.49. The van der Waals surface area contributed by atoms with E-state index in [1.807, 2.05) is 48.5 Å². The SMILES string of the molecule is O=C(NN=Cc1cc2c(cc1Br)OCO2)C1c2ccccc2-c2ccccc21. The van der Waals surface area contributed by atoms with Crippen molar-refractivity contribution in [2.24, 2.45) is 5.10 Å². The second-order valence-electron chi connectivity index (χ2n) is 6.57. The van der Waals surface area contributed by atoms with Crippen LogP contribution in [0.1, 0.15) is 22.6 Å². The number of fused-ring (bicyclic) bond motifs is 4. The van der Waals surface area contributed by atoms with Crippen molar-refractivity contribution >= 4 is 28.1 Å². The minimum absolute atomic E-state index is 0.162. The predicted octanol–water partition coefficient (Wildman–Crippen LogP) is 4.44. The van der Waals surface area contributed by atoms with E-state index in [1.54, 1.807) is 6.21 Å². The van der Waals surface area contributed by atoms with Crippen molar-refractivity contribution < 1.29 is 14.3 Å². The van der Waals surface area contributed by atoms with E-state index in [-0.39, 0.29) is 18.6 Å². The quantitative estimate of drug-likeness (QED) is 0.489. The van der Waals surface area contributed by atoms with Gasteiger partial charge < -0.3 is 9.47 Å². The minimum Gasteiger partial charge on any atom is -0.454 e. The van der Waals surface area contributed by atoms with Crippen molar-refractivity contribution in [2.45, 2.75) is 5.92 Å². The fraction of sp³-hybridized carbons (Fsp3) is 0.0909. The molecule has 6 heteroatoms. The van der Waals surface area contributed by atoms with E-state index in [0.717, 1.165) is 32.3 Å². The van der Waals surface area contributed by atoms with Gasteiger partial charge in [-0.1, -0.05) is 48.5 Å². The molecule has 1 heterocycles. The highest BCUT2D eigenvalue weighted by Crippen LogP contribution is 2.44. The topological polar surface area (TPSA) is 59.9 Å². The predicted molar refractivity (Wildman–Crippen MR) is 110 cm³/mol. The van der Waals surface area contributed by atoms with Crippen LogP contribution in [0.25, 0.3) is 11.1 Å². The van der Waals surface area contributed by atoms with Gasteiger partial charge in [0.15, 0.2) is 11.5 Å². The Bertz CT molecular complexity index is 1080. The number of hydrogen-bond donors (Lipinski definition) is 1. The van der Waals surface area contributed by atoms with E-state index < -0.39 is 0 Å². The molecule has 0 unspecified atom stereocenters. The summed E-state index contributed by atoms with van der Waals surface area (Å²) in [6.07, 6.45) is 1.59. The molecule has 0 radical (unpaired) electrons. The molecule has 28 heavy (non-hydrogen) atoms. The number of benzene rings is 3. The smallest absolute Gasteiger partial charge is 0.252 e. The van der Waals surface area contributed by atoms with Gasteiger partial charge >= 0.3 is 0 Å². The lowest BCUT2D eigenvalue weighted by molar-refractivity contribution is -0.121. The highest BCUT2D eigenvalue weighted by atomic mass is 79.9. The maximum atomic E-state index is 13.0. The zero-order valence-electron chi connectivity index (χ0n) is 14.7. The van der Waals surface area contributed by atoms with Crippen LogP contribution in [0.4, 0.5) is 0 Å². The molecule has 0 fully saturated rings. The van der Waals surface area contributed by atoms with Crippen LogP contribution in [0, 0.1) is 0 Å². The normalized spacial score (nSPS) is 14.2. The molecule has 0 spiro atoms. The lowest BCUT2D eigenvalue weighted by Gasteiger charge is -2.11. The molecule has 5 nitrogen and oxygen atoms in total. The Balaban J connectivity index is 1.40. The van der Waals surface area contributed by atoms with Crippen molar-refractivity contribution in [3.63, 3.8) is 0 Å². The average molecular weight is 435 g/mol. The number of halogens is 1. The minimum atomic E-state index is -0.371. The molecule has 138 valence electrons.